The number of carbonyl (C=O) groups is 1. The minimum Gasteiger partial charge on any atom is -0.480 e. The summed E-state index contributed by atoms with van der Waals surface area (Å²) >= 11 is 0. The molecule has 2 N–H and O–H groups in total. The smallest absolute Gasteiger partial charge is 0.350 e. The summed E-state index contributed by atoms with van der Waals surface area (Å²) in [6.07, 6.45) is 2.23. The molecule has 0 aliphatic carbocycles. The van der Waals surface area contributed by atoms with Crippen molar-refractivity contribution in [2.24, 2.45) is 5.41 Å². The first kappa shape index (κ1) is 20.3. The number of nitrogens with zero attached hydrogens (tertiary/aromatic N) is 3. The van der Waals surface area contributed by atoms with E-state index in [1.807, 2.05) is 45.0 Å². The Morgan fingerprint density at radius 2 is 1.93 bits per heavy atom. The van der Waals surface area contributed by atoms with Gasteiger partial charge in [0.25, 0.3) is 0 Å². The van der Waals surface area contributed by atoms with Crippen molar-refractivity contribution in [1.82, 2.24) is 14.5 Å². The van der Waals surface area contributed by atoms with Crippen molar-refractivity contribution in [3.8, 4) is 0 Å². The minimum atomic E-state index is -0.944. The Labute approximate surface area is 165 Å². The molecule has 0 saturated carbocycles. The fraction of sp³-hybridized carbons (Fsp3) is 0.571. The first-order valence-electron chi connectivity index (χ1n) is 9.85. The molecule has 0 amide bonds. The molecule has 1 aliphatic rings. The zero-order valence-corrected chi connectivity index (χ0v) is 17.1. The van der Waals surface area contributed by atoms with Crippen LogP contribution in [0.4, 0.5) is 5.82 Å². The number of para-hydroxylation sites is 1. The van der Waals surface area contributed by atoms with E-state index in [0.717, 1.165) is 36.8 Å². The van der Waals surface area contributed by atoms with Gasteiger partial charge < -0.3 is 15.3 Å². The highest BCUT2D eigenvalue weighted by Crippen LogP contribution is 2.28. The number of piperidine rings is 1. The fourth-order valence-corrected chi connectivity index (χ4v) is 3.89. The van der Waals surface area contributed by atoms with Crippen molar-refractivity contribution in [2.75, 3.05) is 25.5 Å². The Morgan fingerprint density at radius 1 is 1.29 bits per heavy atom. The van der Waals surface area contributed by atoms with Gasteiger partial charge in [-0.15, -0.1) is 0 Å². The van der Waals surface area contributed by atoms with Crippen molar-refractivity contribution >= 4 is 22.7 Å². The second kappa shape index (κ2) is 7.91. The summed E-state index contributed by atoms with van der Waals surface area (Å²) in [5, 5.41) is 13.4. The largest absolute Gasteiger partial charge is 0.480 e. The highest BCUT2D eigenvalue weighted by Gasteiger charge is 2.27. The zero-order chi connectivity index (χ0) is 20.5. The summed E-state index contributed by atoms with van der Waals surface area (Å²) in [7, 11) is 2.09. The van der Waals surface area contributed by atoms with E-state index in [-0.39, 0.29) is 17.1 Å². The third kappa shape index (κ3) is 4.52. The molecule has 152 valence electrons. The van der Waals surface area contributed by atoms with Gasteiger partial charge in [-0.25, -0.2) is 9.59 Å². The van der Waals surface area contributed by atoms with E-state index in [1.165, 1.54) is 0 Å². The standard InChI is InChI=1S/C21H30N4O3/c1-21(2,3)13-16(19(26)27)22-18-15-7-5-6-8-17(15)25(20(28)23-18)14-9-11-24(4)12-10-14/h5-8,14,16H,9-13H2,1-4H3,(H,26,27)(H,22,23,28). The Hall–Kier alpha value is -2.41. The molecule has 1 atom stereocenters. The third-order valence-electron chi connectivity index (χ3n) is 5.31. The molecule has 3 rings (SSSR count). The summed E-state index contributed by atoms with van der Waals surface area (Å²) in [4.78, 5) is 31.2. The van der Waals surface area contributed by atoms with Gasteiger partial charge in [-0.2, -0.15) is 4.98 Å². The number of nitrogens with one attached hydrogen (secondary N) is 1. The lowest BCUT2D eigenvalue weighted by Gasteiger charge is -2.31. The summed E-state index contributed by atoms with van der Waals surface area (Å²) in [6, 6.07) is 6.90. The van der Waals surface area contributed by atoms with Crippen LogP contribution in [0.25, 0.3) is 10.9 Å². The molecule has 2 aromatic rings. The van der Waals surface area contributed by atoms with Crippen molar-refractivity contribution in [2.45, 2.75) is 52.1 Å². The third-order valence-corrected chi connectivity index (χ3v) is 5.31. The lowest BCUT2D eigenvalue weighted by atomic mass is 9.88. The number of carboxylic acids is 1. The highest BCUT2D eigenvalue weighted by atomic mass is 16.4. The molecule has 0 spiro atoms. The van der Waals surface area contributed by atoms with Gasteiger partial charge in [0.1, 0.15) is 11.9 Å². The molecule has 1 fully saturated rings. The van der Waals surface area contributed by atoms with Crippen molar-refractivity contribution in [1.29, 1.82) is 0 Å². The van der Waals surface area contributed by atoms with Gasteiger partial charge in [-0.3, -0.25) is 4.57 Å². The molecule has 2 heterocycles. The molecule has 7 nitrogen and oxygen atoms in total. The lowest BCUT2D eigenvalue weighted by Crippen LogP contribution is -2.38. The monoisotopic (exact) mass is 386 g/mol. The van der Waals surface area contributed by atoms with Crippen molar-refractivity contribution in [3.05, 3.63) is 34.7 Å². The van der Waals surface area contributed by atoms with Gasteiger partial charge in [0.2, 0.25) is 0 Å². The molecule has 1 aromatic heterocycles. The number of likely N-dealkylation sites (tertiary alicyclic amines) is 1. The van der Waals surface area contributed by atoms with Crippen LogP contribution in [0.2, 0.25) is 0 Å². The number of anilines is 1. The van der Waals surface area contributed by atoms with Crippen LogP contribution < -0.4 is 11.0 Å². The van der Waals surface area contributed by atoms with Gasteiger partial charge in [0.15, 0.2) is 0 Å². The van der Waals surface area contributed by atoms with E-state index in [9.17, 15) is 14.7 Å². The molecule has 1 aromatic carbocycles. The van der Waals surface area contributed by atoms with E-state index in [1.54, 1.807) is 4.57 Å². The molecule has 0 bridgehead atoms. The quantitative estimate of drug-likeness (QED) is 0.821. The van der Waals surface area contributed by atoms with E-state index in [4.69, 9.17) is 0 Å². The molecule has 28 heavy (non-hydrogen) atoms. The number of aliphatic carboxylic acids is 1. The molecule has 0 radical (unpaired) electrons. The van der Waals surface area contributed by atoms with Gasteiger partial charge in [0.05, 0.1) is 5.52 Å². The van der Waals surface area contributed by atoms with Crippen molar-refractivity contribution < 1.29 is 9.90 Å². The van der Waals surface area contributed by atoms with E-state index < -0.39 is 12.0 Å². The maximum atomic E-state index is 12.9. The minimum absolute atomic E-state index is 0.111. The first-order chi connectivity index (χ1) is 13.2. The van der Waals surface area contributed by atoms with Gasteiger partial charge in [-0.05, 0) is 56.9 Å². The summed E-state index contributed by atoms with van der Waals surface area (Å²) < 4.78 is 1.78. The zero-order valence-electron chi connectivity index (χ0n) is 17.1. The Morgan fingerprint density at radius 3 is 2.54 bits per heavy atom. The second-order valence-electron chi connectivity index (χ2n) is 8.96. The van der Waals surface area contributed by atoms with Crippen LogP contribution in [0, 0.1) is 5.41 Å². The van der Waals surface area contributed by atoms with Crippen LogP contribution in [0.3, 0.4) is 0 Å². The van der Waals surface area contributed by atoms with Crippen LogP contribution >= 0.6 is 0 Å². The Kier molecular flexibility index (Phi) is 5.74. The summed E-state index contributed by atoms with van der Waals surface area (Å²) in [5.74, 6) is -0.596. The number of hydrogen-bond donors (Lipinski definition) is 2. The number of carboxylic acid groups (broad SMARTS) is 1. The first-order valence-corrected chi connectivity index (χ1v) is 9.85. The lowest BCUT2D eigenvalue weighted by molar-refractivity contribution is -0.138. The highest BCUT2D eigenvalue weighted by molar-refractivity contribution is 5.91. The van der Waals surface area contributed by atoms with E-state index in [0.29, 0.717) is 12.2 Å². The molecule has 1 aliphatic heterocycles. The van der Waals surface area contributed by atoms with Gasteiger partial charge in [-0.1, -0.05) is 32.9 Å². The number of rotatable bonds is 5. The molecule has 1 unspecified atom stereocenters. The second-order valence-corrected chi connectivity index (χ2v) is 8.96. The fourth-order valence-electron chi connectivity index (χ4n) is 3.89. The van der Waals surface area contributed by atoms with E-state index in [2.05, 4.69) is 22.2 Å². The van der Waals surface area contributed by atoms with Crippen LogP contribution in [-0.4, -0.2) is 51.7 Å². The van der Waals surface area contributed by atoms with Crippen LogP contribution in [0.15, 0.2) is 29.1 Å². The average molecular weight is 386 g/mol. The van der Waals surface area contributed by atoms with Gasteiger partial charge in [0, 0.05) is 11.4 Å². The summed E-state index contributed by atoms with van der Waals surface area (Å²) in [6.45, 7) is 7.87. The number of aromatic nitrogens is 2. The van der Waals surface area contributed by atoms with Crippen LogP contribution in [0.1, 0.15) is 46.1 Å². The predicted octanol–water partition coefficient (Wildman–Crippen LogP) is 2.96. The molecular weight excluding hydrogens is 356 g/mol. The van der Waals surface area contributed by atoms with E-state index >= 15 is 0 Å². The average Bonchev–Trinajstić information content (AvgIpc) is 2.61. The molecular formula is C21H30N4O3. The maximum absolute atomic E-state index is 12.9. The Bertz CT molecular complexity index is 908. The van der Waals surface area contributed by atoms with Gasteiger partial charge >= 0.3 is 11.7 Å². The van der Waals surface area contributed by atoms with Crippen molar-refractivity contribution in [3.63, 3.8) is 0 Å². The summed E-state index contributed by atoms with van der Waals surface area (Å²) in [5.41, 5.74) is 0.310. The van der Waals surface area contributed by atoms with Crippen LogP contribution in [-0.2, 0) is 4.79 Å². The number of fused-ring (bicyclic) bond motifs is 1. The van der Waals surface area contributed by atoms with Crippen LogP contribution in [0.5, 0.6) is 0 Å². The molecule has 1 saturated heterocycles. The Balaban J connectivity index is 2.02. The normalized spacial score (nSPS) is 17.6. The SMILES string of the molecule is CN1CCC(n2c(=O)nc(NC(CC(C)(C)C)C(=O)O)c3ccccc32)CC1. The predicted molar refractivity (Wildman–Crippen MR) is 111 cm³/mol. The number of benzene rings is 1. The maximum Gasteiger partial charge on any atom is 0.350 e. The molecule has 7 heteroatoms. The number of hydrogen-bond acceptors (Lipinski definition) is 5. The topological polar surface area (TPSA) is 87.5 Å².